The minimum atomic E-state index is -3.76. The topological polar surface area (TPSA) is 101 Å². The van der Waals surface area contributed by atoms with E-state index in [1.165, 1.54) is 0 Å². The van der Waals surface area contributed by atoms with Crippen LogP contribution >= 0.6 is 37.9 Å². The molecular formula is CH4O8P3S+. The van der Waals surface area contributed by atoms with Crippen molar-refractivity contribution < 1.29 is 35.7 Å². The Hall–Kier alpha value is 0.710. The lowest BCUT2D eigenvalue weighted by Gasteiger charge is -2.25. The van der Waals surface area contributed by atoms with Crippen molar-refractivity contribution in [2.24, 2.45) is 0 Å². The SMILES string of the molecule is O=CO[P+]1(OPO)OP(=O)(OS)O1. The molecule has 1 fully saturated rings. The van der Waals surface area contributed by atoms with Gasteiger partial charge in [-0.1, -0.05) is 4.31 Å². The minimum absolute atomic E-state index is 0.0179. The first-order valence-corrected chi connectivity index (χ1v) is 6.68. The van der Waals surface area contributed by atoms with Gasteiger partial charge in [-0.2, -0.15) is 0 Å². The van der Waals surface area contributed by atoms with Crippen LogP contribution in [0.15, 0.2) is 0 Å². The van der Waals surface area contributed by atoms with E-state index in [4.69, 9.17) is 4.89 Å². The molecule has 0 radical (unpaired) electrons. The highest BCUT2D eigenvalue weighted by molar-refractivity contribution is 7.87. The zero-order valence-corrected chi connectivity index (χ0v) is 9.41. The number of hydrogen-bond acceptors (Lipinski definition) is 9. The van der Waals surface area contributed by atoms with E-state index >= 15 is 0 Å². The third-order valence-electron chi connectivity index (χ3n) is 0.825. The van der Waals surface area contributed by atoms with Crippen LogP contribution in [0.3, 0.4) is 0 Å². The van der Waals surface area contributed by atoms with Gasteiger partial charge in [0, 0.05) is 0 Å². The summed E-state index contributed by atoms with van der Waals surface area (Å²) in [4.78, 5) is 18.3. The van der Waals surface area contributed by atoms with Crippen LogP contribution in [0.25, 0.3) is 0 Å². The molecule has 0 bridgehead atoms. The molecule has 1 N–H and O–H groups in total. The van der Waals surface area contributed by atoms with Crippen LogP contribution in [0.1, 0.15) is 0 Å². The fourth-order valence-corrected chi connectivity index (χ4v) is 5.11. The van der Waals surface area contributed by atoms with E-state index in [1.807, 2.05) is 0 Å². The van der Waals surface area contributed by atoms with E-state index in [1.54, 1.807) is 0 Å². The maximum absolute atomic E-state index is 10.9. The molecule has 1 unspecified atom stereocenters. The largest absolute Gasteiger partial charge is 0.651 e. The lowest BCUT2D eigenvalue weighted by molar-refractivity contribution is -0.122. The molecule has 0 aromatic rings. The molecule has 1 atom stereocenters. The van der Waals surface area contributed by atoms with Crippen LogP contribution in [-0.2, 0) is 30.8 Å². The maximum atomic E-state index is 10.9. The van der Waals surface area contributed by atoms with Crippen molar-refractivity contribution in [2.75, 3.05) is 0 Å². The van der Waals surface area contributed by atoms with Crippen molar-refractivity contribution in [3.05, 3.63) is 0 Å². The van der Waals surface area contributed by atoms with E-state index in [0.29, 0.717) is 0 Å². The lowest BCUT2D eigenvalue weighted by atomic mass is 11.7. The molecule has 1 aliphatic heterocycles. The Morgan fingerprint density at radius 2 is 2.23 bits per heavy atom. The van der Waals surface area contributed by atoms with Crippen LogP contribution < -0.4 is 0 Å². The number of carbonyl (C=O) groups is 1. The molecule has 12 heteroatoms. The van der Waals surface area contributed by atoms with Crippen molar-refractivity contribution >= 4 is 44.4 Å². The van der Waals surface area contributed by atoms with Crippen LogP contribution in [-0.4, -0.2) is 11.4 Å². The lowest BCUT2D eigenvalue weighted by Crippen LogP contribution is -2.14. The van der Waals surface area contributed by atoms with Gasteiger partial charge in [0.25, 0.3) is 0 Å². The van der Waals surface area contributed by atoms with Gasteiger partial charge >= 0.3 is 22.5 Å². The molecule has 0 saturated carbocycles. The molecule has 0 aromatic heterocycles. The van der Waals surface area contributed by atoms with Gasteiger partial charge < -0.3 is 4.89 Å². The molecule has 1 aliphatic rings. The summed E-state index contributed by atoms with van der Waals surface area (Å²) in [5.74, 6) is 0. The highest BCUT2D eigenvalue weighted by atomic mass is 32.1. The summed E-state index contributed by atoms with van der Waals surface area (Å²) < 4.78 is 32.5. The van der Waals surface area contributed by atoms with E-state index in [0.717, 1.165) is 0 Å². The Labute approximate surface area is 80.7 Å². The van der Waals surface area contributed by atoms with Crippen molar-refractivity contribution in [2.45, 2.75) is 0 Å². The van der Waals surface area contributed by atoms with Gasteiger partial charge in [-0.25, -0.2) is 13.1 Å². The first-order valence-electron chi connectivity index (χ1n) is 2.54. The Morgan fingerprint density at radius 1 is 1.62 bits per heavy atom. The van der Waals surface area contributed by atoms with Gasteiger partial charge in [-0.05, 0) is 21.5 Å². The zero-order chi connectivity index (χ0) is 9.95. The fourth-order valence-electron chi connectivity index (χ4n) is 0.477. The molecule has 0 aliphatic carbocycles. The Bertz CT molecular complexity index is 232. The first-order chi connectivity index (χ1) is 6.10. The highest BCUT2D eigenvalue weighted by Crippen LogP contribution is 2.90. The third kappa shape index (κ3) is 2.59. The minimum Gasteiger partial charge on any atom is -0.349 e. The summed E-state index contributed by atoms with van der Waals surface area (Å²) in [6.07, 6.45) is 0. The van der Waals surface area contributed by atoms with Crippen molar-refractivity contribution in [3.8, 4) is 0 Å². The fraction of sp³-hybridized carbons (Fsp3) is 0. The Kier molecular flexibility index (Phi) is 4.07. The molecule has 0 amide bonds. The second-order valence-corrected chi connectivity index (χ2v) is 6.40. The van der Waals surface area contributed by atoms with Crippen molar-refractivity contribution in [1.82, 2.24) is 0 Å². The Morgan fingerprint density at radius 3 is 2.62 bits per heavy atom. The summed E-state index contributed by atoms with van der Waals surface area (Å²) >= 11 is 3.19. The number of hydrogen-bond donors (Lipinski definition) is 2. The highest BCUT2D eigenvalue weighted by Gasteiger charge is 2.76. The van der Waals surface area contributed by atoms with E-state index in [2.05, 4.69) is 34.3 Å². The zero-order valence-electron chi connectivity index (χ0n) is 5.72. The average Bonchev–Trinajstić information content (AvgIpc) is 2.03. The predicted molar refractivity (Wildman–Crippen MR) is 45.5 cm³/mol. The average molecular weight is 269 g/mol. The Balaban J connectivity index is 2.56. The van der Waals surface area contributed by atoms with Crippen molar-refractivity contribution in [1.29, 1.82) is 0 Å². The summed E-state index contributed by atoms with van der Waals surface area (Å²) in [6.45, 7) is -0.0179. The molecule has 8 nitrogen and oxygen atoms in total. The molecule has 0 aromatic carbocycles. The summed E-state index contributed by atoms with van der Waals surface area (Å²) in [5.41, 5.74) is 0. The monoisotopic (exact) mass is 269 g/mol. The molecule has 1 heterocycles. The summed E-state index contributed by atoms with van der Waals surface area (Å²) in [7, 11) is -8.24. The normalized spacial score (nSPS) is 38.9. The molecule has 1 saturated heterocycles. The molecule has 76 valence electrons. The van der Waals surface area contributed by atoms with Crippen LogP contribution in [0.2, 0.25) is 0 Å². The van der Waals surface area contributed by atoms with E-state index in [9.17, 15) is 9.36 Å². The maximum Gasteiger partial charge on any atom is 0.651 e. The number of rotatable bonds is 5. The molecular weight excluding hydrogens is 265 g/mol. The third-order valence-corrected chi connectivity index (χ3v) is 6.39. The molecule has 1 rings (SSSR count). The van der Waals surface area contributed by atoms with Crippen LogP contribution in [0.5, 0.6) is 0 Å². The van der Waals surface area contributed by atoms with Gasteiger partial charge in [-0.3, -0.25) is 4.79 Å². The molecule has 13 heavy (non-hydrogen) atoms. The van der Waals surface area contributed by atoms with Gasteiger partial charge in [0.2, 0.25) is 9.03 Å². The molecule has 0 spiro atoms. The summed E-state index contributed by atoms with van der Waals surface area (Å²) in [5, 5.41) is 0. The number of carbonyl (C=O) groups excluding carboxylic acids is 1. The van der Waals surface area contributed by atoms with Crippen molar-refractivity contribution in [3.63, 3.8) is 0 Å². The predicted octanol–water partition coefficient (Wildman–Crippen LogP) is 1.37. The second-order valence-electron chi connectivity index (χ2n) is 1.52. The summed E-state index contributed by atoms with van der Waals surface area (Å²) in [6, 6.07) is 0. The standard InChI is InChI=1S/CH3O8P3S/c2-1-5-12(6-10-3)7-11(4,8-12)9-13/h1,3,10H/p+1. The van der Waals surface area contributed by atoms with Crippen LogP contribution in [0, 0.1) is 0 Å². The van der Waals surface area contributed by atoms with Gasteiger partial charge in [-0.15, -0.1) is 0 Å². The van der Waals surface area contributed by atoms with E-state index in [-0.39, 0.29) is 6.47 Å². The van der Waals surface area contributed by atoms with Gasteiger partial charge in [0.1, 0.15) is 0 Å². The second kappa shape index (κ2) is 4.49. The van der Waals surface area contributed by atoms with Gasteiger partial charge in [0.15, 0.2) is 0 Å². The number of phosphoric acid groups is 1. The number of thiol groups is 1. The van der Waals surface area contributed by atoms with E-state index < -0.39 is 25.0 Å². The van der Waals surface area contributed by atoms with Crippen LogP contribution in [0.4, 0.5) is 0 Å². The first kappa shape index (κ1) is 11.8. The smallest absolute Gasteiger partial charge is 0.349 e. The van der Waals surface area contributed by atoms with Gasteiger partial charge in [0.05, 0.1) is 0 Å². The quantitative estimate of drug-likeness (QED) is 0.334.